The van der Waals surface area contributed by atoms with Crippen molar-refractivity contribution in [2.45, 2.75) is 44.7 Å². The van der Waals surface area contributed by atoms with Gasteiger partial charge >= 0.3 is 0 Å². The first-order valence-corrected chi connectivity index (χ1v) is 14.4. The molecule has 1 spiro atoms. The van der Waals surface area contributed by atoms with Crippen LogP contribution in [0.1, 0.15) is 48.3 Å². The van der Waals surface area contributed by atoms with Crippen molar-refractivity contribution in [2.24, 2.45) is 5.41 Å². The molecule has 0 aromatic heterocycles. The van der Waals surface area contributed by atoms with Crippen molar-refractivity contribution in [3.63, 3.8) is 0 Å². The average Bonchev–Trinajstić information content (AvgIpc) is 3.25. The summed E-state index contributed by atoms with van der Waals surface area (Å²) in [4.78, 5) is 31.2. The van der Waals surface area contributed by atoms with E-state index in [9.17, 15) is 9.59 Å². The molecule has 0 bridgehead atoms. The van der Waals surface area contributed by atoms with Gasteiger partial charge in [0.1, 0.15) is 0 Å². The van der Waals surface area contributed by atoms with E-state index in [1.807, 2.05) is 65.6 Å². The number of piperidine rings is 1. The second-order valence-electron chi connectivity index (χ2n) is 10.7. The van der Waals surface area contributed by atoms with E-state index in [4.69, 9.17) is 0 Å². The van der Waals surface area contributed by atoms with Crippen LogP contribution in [0, 0.1) is 5.41 Å². The summed E-state index contributed by atoms with van der Waals surface area (Å²) >= 11 is 3.49. The van der Waals surface area contributed by atoms with Gasteiger partial charge in [0, 0.05) is 24.1 Å². The van der Waals surface area contributed by atoms with Crippen LogP contribution in [0.3, 0.4) is 0 Å². The zero-order valence-electron chi connectivity index (χ0n) is 22.2. The number of nitrogens with one attached hydrogen (secondary N) is 1. The maximum absolute atomic E-state index is 13.4. The highest BCUT2D eigenvalue weighted by molar-refractivity contribution is 9.10. The molecule has 2 aliphatic rings. The molecule has 5 rings (SSSR count). The van der Waals surface area contributed by atoms with E-state index in [2.05, 4.69) is 50.4 Å². The van der Waals surface area contributed by atoms with Crippen molar-refractivity contribution in [3.8, 4) is 0 Å². The Labute approximate surface area is 246 Å². The molecule has 0 aliphatic carbocycles. The second-order valence-corrected chi connectivity index (χ2v) is 11.6. The first-order valence-electron chi connectivity index (χ1n) is 13.7. The third-order valence-corrected chi connectivity index (χ3v) is 8.79. The summed E-state index contributed by atoms with van der Waals surface area (Å²) in [5.41, 5.74) is 3.12. The lowest BCUT2D eigenvalue weighted by Gasteiger charge is -2.38. The summed E-state index contributed by atoms with van der Waals surface area (Å²) in [6, 6.07) is 28.4. The molecule has 39 heavy (non-hydrogen) atoms. The molecular formula is C32H37BrClN3O2. The summed E-state index contributed by atoms with van der Waals surface area (Å²) in [6.45, 7) is 4.73. The standard InChI is InChI=1S/C32H36BrN3O2.ClH/c33-28-13-11-26(12-14-28)24-36-22-18-32(31(36)38)16-20-35(21-17-32)19-15-29(27-9-5-2-6-10-27)30(37)34-23-25-7-3-1-4-8-25;/h1-14,29H,15-24H2,(H,34,37);1H. The molecule has 2 heterocycles. The molecule has 5 nitrogen and oxygen atoms in total. The van der Waals surface area contributed by atoms with Crippen molar-refractivity contribution < 1.29 is 9.59 Å². The molecule has 2 amide bonds. The summed E-state index contributed by atoms with van der Waals surface area (Å²) in [7, 11) is 0. The molecule has 3 aromatic rings. The summed E-state index contributed by atoms with van der Waals surface area (Å²) in [5, 5.41) is 3.15. The van der Waals surface area contributed by atoms with Crippen LogP contribution in [0.5, 0.6) is 0 Å². The van der Waals surface area contributed by atoms with E-state index in [0.717, 1.165) is 67.5 Å². The first-order chi connectivity index (χ1) is 18.5. The third-order valence-electron chi connectivity index (χ3n) is 8.26. The van der Waals surface area contributed by atoms with Crippen LogP contribution in [0.25, 0.3) is 0 Å². The van der Waals surface area contributed by atoms with Gasteiger partial charge in [-0.3, -0.25) is 9.59 Å². The molecule has 2 aliphatic heterocycles. The minimum absolute atomic E-state index is 0. The van der Waals surface area contributed by atoms with Crippen molar-refractivity contribution in [2.75, 3.05) is 26.2 Å². The molecule has 1 N–H and O–H groups in total. The van der Waals surface area contributed by atoms with Gasteiger partial charge in [0.15, 0.2) is 0 Å². The highest BCUT2D eigenvalue weighted by atomic mass is 79.9. The van der Waals surface area contributed by atoms with E-state index in [0.29, 0.717) is 19.0 Å². The number of nitrogens with zero attached hydrogens (tertiary/aromatic N) is 2. The number of benzene rings is 3. The van der Waals surface area contributed by atoms with Gasteiger partial charge in [0.2, 0.25) is 11.8 Å². The van der Waals surface area contributed by atoms with E-state index >= 15 is 0 Å². The molecular weight excluding hydrogens is 574 g/mol. The van der Waals surface area contributed by atoms with E-state index in [1.54, 1.807) is 0 Å². The number of hydrogen-bond donors (Lipinski definition) is 1. The van der Waals surface area contributed by atoms with Crippen molar-refractivity contribution in [3.05, 3.63) is 106 Å². The van der Waals surface area contributed by atoms with Gasteiger partial charge in [-0.1, -0.05) is 88.7 Å². The SMILES string of the molecule is Cl.O=C(NCc1ccccc1)C(CCN1CCC2(CC1)CCN(Cc1ccc(Br)cc1)C2=O)c1ccccc1. The molecule has 3 aromatic carbocycles. The fourth-order valence-corrected chi connectivity index (χ4v) is 6.14. The Balaban J connectivity index is 0.00000353. The fourth-order valence-electron chi connectivity index (χ4n) is 5.88. The molecule has 0 saturated carbocycles. The number of likely N-dealkylation sites (tertiary alicyclic amines) is 2. The number of carbonyl (C=O) groups excluding carboxylic acids is 2. The molecule has 2 fully saturated rings. The summed E-state index contributed by atoms with van der Waals surface area (Å²) in [6.07, 6.45) is 3.52. The average molecular weight is 611 g/mol. The van der Waals surface area contributed by atoms with Crippen LogP contribution < -0.4 is 5.32 Å². The van der Waals surface area contributed by atoms with Crippen LogP contribution in [0.4, 0.5) is 0 Å². The van der Waals surface area contributed by atoms with Crippen molar-refractivity contribution >= 4 is 40.2 Å². The maximum Gasteiger partial charge on any atom is 0.229 e. The molecule has 2 saturated heterocycles. The Morgan fingerprint density at radius 1 is 0.846 bits per heavy atom. The van der Waals surface area contributed by atoms with Crippen LogP contribution in [0.2, 0.25) is 0 Å². The predicted molar refractivity (Wildman–Crippen MR) is 162 cm³/mol. The lowest BCUT2D eigenvalue weighted by Crippen LogP contribution is -2.45. The Morgan fingerprint density at radius 2 is 1.46 bits per heavy atom. The minimum atomic E-state index is -0.211. The number of halogens is 2. The van der Waals surface area contributed by atoms with Gasteiger partial charge in [0.05, 0.1) is 11.3 Å². The van der Waals surface area contributed by atoms with Crippen LogP contribution in [-0.4, -0.2) is 47.8 Å². The smallest absolute Gasteiger partial charge is 0.229 e. The zero-order chi connectivity index (χ0) is 26.4. The Morgan fingerprint density at radius 3 is 2.13 bits per heavy atom. The molecule has 206 valence electrons. The molecule has 1 unspecified atom stereocenters. The largest absolute Gasteiger partial charge is 0.351 e. The van der Waals surface area contributed by atoms with E-state index in [-0.39, 0.29) is 29.6 Å². The third kappa shape index (κ3) is 7.30. The van der Waals surface area contributed by atoms with Gasteiger partial charge in [-0.05, 0) is 74.1 Å². The quantitative estimate of drug-likeness (QED) is 0.315. The fraction of sp³-hybridized carbons (Fsp3) is 0.375. The topological polar surface area (TPSA) is 52.7 Å². The normalized spacial score (nSPS) is 17.6. The van der Waals surface area contributed by atoms with Gasteiger partial charge in [-0.2, -0.15) is 0 Å². The highest BCUT2D eigenvalue weighted by Gasteiger charge is 2.47. The Hall–Kier alpha value is -2.67. The van der Waals surface area contributed by atoms with Crippen molar-refractivity contribution in [1.29, 1.82) is 0 Å². The van der Waals surface area contributed by atoms with E-state index < -0.39 is 0 Å². The highest BCUT2D eigenvalue weighted by Crippen LogP contribution is 2.42. The van der Waals surface area contributed by atoms with E-state index in [1.165, 1.54) is 5.56 Å². The van der Waals surface area contributed by atoms with Crippen LogP contribution >= 0.6 is 28.3 Å². The van der Waals surface area contributed by atoms with Crippen LogP contribution in [-0.2, 0) is 22.7 Å². The molecule has 0 radical (unpaired) electrons. The van der Waals surface area contributed by atoms with Crippen LogP contribution in [0.15, 0.2) is 89.4 Å². The summed E-state index contributed by atoms with van der Waals surface area (Å²) in [5.74, 6) is 0.205. The lowest BCUT2D eigenvalue weighted by atomic mass is 9.77. The Kier molecular flexibility index (Phi) is 10.2. The minimum Gasteiger partial charge on any atom is -0.351 e. The monoisotopic (exact) mass is 609 g/mol. The van der Waals surface area contributed by atoms with Crippen molar-refractivity contribution in [1.82, 2.24) is 15.1 Å². The lowest BCUT2D eigenvalue weighted by molar-refractivity contribution is -0.138. The number of amides is 2. The predicted octanol–water partition coefficient (Wildman–Crippen LogP) is 6.18. The number of rotatable bonds is 9. The summed E-state index contributed by atoms with van der Waals surface area (Å²) < 4.78 is 1.06. The van der Waals surface area contributed by atoms with Gasteiger partial charge in [-0.25, -0.2) is 0 Å². The van der Waals surface area contributed by atoms with Gasteiger partial charge in [-0.15, -0.1) is 12.4 Å². The van der Waals surface area contributed by atoms with Gasteiger partial charge < -0.3 is 15.1 Å². The van der Waals surface area contributed by atoms with Gasteiger partial charge in [0.25, 0.3) is 0 Å². The first kappa shape index (κ1) is 29.3. The number of carbonyl (C=O) groups is 2. The zero-order valence-corrected chi connectivity index (χ0v) is 24.6. The molecule has 1 atom stereocenters. The number of hydrogen-bond acceptors (Lipinski definition) is 3. The molecule has 7 heteroatoms. The second kappa shape index (κ2) is 13.6. The Bertz CT molecular complexity index is 1220. The maximum atomic E-state index is 13.4.